The van der Waals surface area contributed by atoms with Gasteiger partial charge in [0.2, 0.25) is 0 Å². The molecule has 0 aromatic heterocycles. The average molecular weight is 970 g/mol. The molecule has 1 aliphatic rings. The molecule has 1 aliphatic heterocycles. The van der Waals surface area contributed by atoms with Gasteiger partial charge in [-0.1, -0.05) is 180 Å². The number of hydrogen-bond donors (Lipinski definition) is 4. The highest BCUT2D eigenvalue weighted by molar-refractivity contribution is 5.99. The van der Waals surface area contributed by atoms with Gasteiger partial charge in [-0.3, -0.25) is 0 Å². The van der Waals surface area contributed by atoms with Crippen molar-refractivity contribution in [3.8, 4) is 23.0 Å². The van der Waals surface area contributed by atoms with Gasteiger partial charge >= 0.3 is 0 Å². The van der Waals surface area contributed by atoms with Crippen LogP contribution >= 0.6 is 0 Å². The van der Waals surface area contributed by atoms with Crippen molar-refractivity contribution in [3.63, 3.8) is 0 Å². The van der Waals surface area contributed by atoms with Crippen molar-refractivity contribution in [2.45, 2.75) is 248 Å². The van der Waals surface area contributed by atoms with Crippen LogP contribution in [-0.4, -0.2) is 42.7 Å². The first-order valence-electron chi connectivity index (χ1n) is 26.7. The van der Waals surface area contributed by atoms with E-state index in [0.29, 0.717) is 55.9 Å². The molecule has 0 bridgehead atoms. The predicted octanol–water partition coefficient (Wildman–Crippen LogP) is 16.3. The molecule has 0 fully saturated rings. The molecule has 5 rings (SSSR count). The summed E-state index contributed by atoms with van der Waals surface area (Å²) in [5.74, 6) is 3.23. The van der Waals surface area contributed by atoms with Crippen LogP contribution in [0.3, 0.4) is 0 Å². The van der Waals surface area contributed by atoms with Gasteiger partial charge in [0.1, 0.15) is 40.3 Å². The summed E-state index contributed by atoms with van der Waals surface area (Å²) in [6.07, 6.45) is 6.89. The number of aryl methyl sites for hydroxylation is 4. The average Bonchev–Trinajstić information content (AvgIpc) is 3.22. The van der Waals surface area contributed by atoms with E-state index >= 15 is 0 Å². The Morgan fingerprint density at radius 1 is 0.479 bits per heavy atom. The lowest BCUT2D eigenvalue weighted by molar-refractivity contribution is 0.136. The van der Waals surface area contributed by atoms with Crippen LogP contribution in [0.5, 0.6) is 23.0 Å². The molecule has 0 saturated carbocycles. The normalized spacial score (nSPS) is 16.4. The van der Waals surface area contributed by atoms with Crippen molar-refractivity contribution >= 4 is 11.7 Å². The number of phenols is 4. The van der Waals surface area contributed by atoms with E-state index in [4.69, 9.17) is 9.98 Å². The molecule has 0 radical (unpaired) electrons. The molecule has 1 atom stereocenters. The molecular formula is C64H95N3O4. The third-order valence-electron chi connectivity index (χ3n) is 14.9. The van der Waals surface area contributed by atoms with Crippen molar-refractivity contribution < 1.29 is 20.4 Å². The fourth-order valence-electron chi connectivity index (χ4n) is 10.4. The molecule has 1 heterocycles. The van der Waals surface area contributed by atoms with E-state index < -0.39 is 5.66 Å². The van der Waals surface area contributed by atoms with Gasteiger partial charge in [-0.2, -0.15) is 0 Å². The fraction of sp³-hybridized carbons (Fsp3) is 0.594. The van der Waals surface area contributed by atoms with E-state index in [9.17, 15) is 20.4 Å². The number of aromatic hydroxyl groups is 4. The van der Waals surface area contributed by atoms with Crippen LogP contribution in [-0.2, 0) is 58.3 Å². The lowest BCUT2D eigenvalue weighted by Gasteiger charge is -2.46. The van der Waals surface area contributed by atoms with Gasteiger partial charge in [-0.25, -0.2) is 9.98 Å². The largest absolute Gasteiger partial charge is 0.508 e. The van der Waals surface area contributed by atoms with Gasteiger partial charge in [-0.15, -0.1) is 0 Å². The Labute approximate surface area is 431 Å². The first-order chi connectivity index (χ1) is 32.4. The summed E-state index contributed by atoms with van der Waals surface area (Å²) in [4.78, 5) is 14.1. The van der Waals surface area contributed by atoms with Crippen molar-refractivity contribution in [2.75, 3.05) is 0 Å². The number of rotatable bonds is 14. The fourth-order valence-corrected chi connectivity index (χ4v) is 10.4. The summed E-state index contributed by atoms with van der Waals surface area (Å²) in [6.45, 7) is 46.0. The monoisotopic (exact) mass is 970 g/mol. The van der Waals surface area contributed by atoms with E-state index in [1.807, 2.05) is 13.0 Å². The van der Waals surface area contributed by atoms with Gasteiger partial charge < -0.3 is 25.3 Å². The molecular weight excluding hydrogens is 875 g/mol. The van der Waals surface area contributed by atoms with E-state index in [1.165, 1.54) is 5.56 Å². The number of phenolic OH excluding ortho intramolecular Hbond substituents is 4. The van der Waals surface area contributed by atoms with Crippen LogP contribution in [0.1, 0.15) is 237 Å². The Morgan fingerprint density at radius 3 is 1.21 bits per heavy atom. The van der Waals surface area contributed by atoms with Gasteiger partial charge in [0, 0.05) is 19.4 Å². The van der Waals surface area contributed by atoms with Gasteiger partial charge in [0.15, 0.2) is 0 Å². The number of benzene rings is 4. The Hall–Kier alpha value is -4.78. The summed E-state index contributed by atoms with van der Waals surface area (Å²) in [5.41, 5.74) is 9.99. The molecule has 4 aromatic carbocycles. The van der Waals surface area contributed by atoms with Crippen LogP contribution in [0.25, 0.3) is 0 Å². The quantitative estimate of drug-likeness (QED) is 0.101. The zero-order chi connectivity index (χ0) is 53.6. The maximum atomic E-state index is 11.8. The Morgan fingerprint density at radius 2 is 0.845 bits per heavy atom. The SMILES string of the molecule is CCCCC1(CCc2cc(C(C)(C)C)c(O)c(C(C)(C)C)c2)N=C(CCc2cc(C(C)(C)C)c(O)c(C(C)(C)C)c2)N=C(CCc2cc(C(C)(C)C)c(O)c(C(C)(C)C)c2)N1Cc1c(C)ccc(O)c1C. The smallest absolute Gasteiger partial charge is 0.135 e. The summed E-state index contributed by atoms with van der Waals surface area (Å²) >= 11 is 0. The van der Waals surface area contributed by atoms with Gasteiger partial charge in [0.25, 0.3) is 0 Å². The molecule has 1 unspecified atom stereocenters. The molecule has 0 saturated heterocycles. The van der Waals surface area contributed by atoms with Crippen molar-refractivity contribution in [2.24, 2.45) is 9.98 Å². The third kappa shape index (κ3) is 13.3. The van der Waals surface area contributed by atoms with Crippen LogP contribution < -0.4 is 0 Å². The van der Waals surface area contributed by atoms with Crippen LogP contribution in [0.15, 0.2) is 58.5 Å². The highest BCUT2D eigenvalue weighted by Gasteiger charge is 2.42. The van der Waals surface area contributed by atoms with Crippen LogP contribution in [0.4, 0.5) is 0 Å². The number of unbranched alkanes of at least 4 members (excludes halogenated alkanes) is 1. The van der Waals surface area contributed by atoms with E-state index in [-0.39, 0.29) is 38.2 Å². The summed E-state index contributed by atoms with van der Waals surface area (Å²) in [5, 5.41) is 46.5. The molecule has 0 amide bonds. The second-order valence-electron chi connectivity index (χ2n) is 27.4. The molecule has 0 aliphatic carbocycles. The topological polar surface area (TPSA) is 109 Å². The Kier molecular flexibility index (Phi) is 16.6. The first kappa shape index (κ1) is 57.1. The minimum Gasteiger partial charge on any atom is -0.508 e. The maximum absolute atomic E-state index is 11.8. The molecule has 7 heteroatoms. The minimum atomic E-state index is -0.696. The van der Waals surface area contributed by atoms with Gasteiger partial charge in [0.05, 0.1) is 0 Å². The lowest BCUT2D eigenvalue weighted by Crippen LogP contribution is -2.53. The van der Waals surface area contributed by atoms with E-state index in [0.717, 1.165) is 98.6 Å². The third-order valence-corrected chi connectivity index (χ3v) is 14.9. The molecule has 390 valence electrons. The zero-order valence-corrected chi connectivity index (χ0v) is 48.3. The van der Waals surface area contributed by atoms with Crippen molar-refractivity contribution in [1.29, 1.82) is 0 Å². The minimum absolute atomic E-state index is 0.256. The van der Waals surface area contributed by atoms with E-state index in [1.54, 1.807) is 6.07 Å². The second kappa shape index (κ2) is 20.6. The summed E-state index contributed by atoms with van der Waals surface area (Å²) < 4.78 is 0. The molecule has 71 heavy (non-hydrogen) atoms. The van der Waals surface area contributed by atoms with Crippen LogP contribution in [0.2, 0.25) is 0 Å². The molecule has 7 nitrogen and oxygen atoms in total. The van der Waals surface area contributed by atoms with Crippen molar-refractivity contribution in [1.82, 2.24) is 4.90 Å². The zero-order valence-electron chi connectivity index (χ0n) is 48.3. The first-order valence-corrected chi connectivity index (χ1v) is 26.7. The number of aliphatic imine (C=N–C) groups is 2. The molecule has 0 spiro atoms. The highest BCUT2D eigenvalue weighted by atomic mass is 16.3. The Balaban J connectivity index is 1.79. The number of hydrogen-bond acceptors (Lipinski definition) is 7. The van der Waals surface area contributed by atoms with Gasteiger partial charge in [-0.05, 0) is 158 Å². The standard InChI is InChI=1S/C64H95N3O4/c1-22-23-31-64(32-30-44-37-50(62(16,17)18)57(71)51(38-44)63(19,20)21)66-53(28-25-42-33-46(58(4,5)6)55(69)47(34-42)59(7,8)9)65-54(67(64)39-45-40(2)24-27-52(68)41(45)3)29-26-43-35-48(60(10,11)12)56(70)49(36-43)61(13,14)15/h24,27,33-38,68-71H,22-23,25-26,28-32,39H2,1-21H3. The molecule has 4 N–H and O–H groups in total. The Bertz CT molecular complexity index is 2520. The number of nitrogens with zero attached hydrogens (tertiary/aromatic N) is 3. The summed E-state index contributed by atoms with van der Waals surface area (Å²) in [7, 11) is 0. The van der Waals surface area contributed by atoms with Crippen LogP contribution in [0, 0.1) is 13.8 Å². The lowest BCUT2D eigenvalue weighted by atomic mass is 9.77. The number of amidine groups is 2. The highest BCUT2D eigenvalue weighted by Crippen LogP contribution is 2.45. The summed E-state index contributed by atoms with van der Waals surface area (Å²) in [6, 6.07) is 17.1. The van der Waals surface area contributed by atoms with Crippen molar-refractivity contribution in [3.05, 3.63) is 115 Å². The second-order valence-corrected chi connectivity index (χ2v) is 27.4. The van der Waals surface area contributed by atoms with E-state index in [2.05, 4.69) is 180 Å². The predicted molar refractivity (Wildman–Crippen MR) is 302 cm³/mol. The molecule has 4 aromatic rings. The maximum Gasteiger partial charge on any atom is 0.135 e.